The second-order valence-electron chi connectivity index (χ2n) is 5.54. The van der Waals surface area contributed by atoms with Crippen molar-refractivity contribution in [2.75, 3.05) is 24.6 Å². The Morgan fingerprint density at radius 3 is 2.80 bits per heavy atom. The fourth-order valence-electron chi connectivity index (χ4n) is 2.91. The molecular weight excluding hydrogens is 277 g/mol. The van der Waals surface area contributed by atoms with Crippen molar-refractivity contribution in [3.63, 3.8) is 0 Å². The lowest BCUT2D eigenvalue weighted by atomic mass is 9.95. The van der Waals surface area contributed by atoms with Crippen LogP contribution in [0.1, 0.15) is 31.9 Å². The van der Waals surface area contributed by atoms with Crippen molar-refractivity contribution in [3.05, 3.63) is 35.6 Å². The van der Waals surface area contributed by atoms with Crippen molar-refractivity contribution in [1.82, 2.24) is 4.90 Å². The van der Waals surface area contributed by atoms with Crippen LogP contribution in [0.2, 0.25) is 0 Å². The molecule has 1 aromatic carbocycles. The van der Waals surface area contributed by atoms with E-state index in [1.807, 2.05) is 6.07 Å². The Hall–Kier alpha value is -0.940. The van der Waals surface area contributed by atoms with Crippen molar-refractivity contribution >= 4 is 9.84 Å². The average Bonchev–Trinajstić information content (AvgIpc) is 2.78. The summed E-state index contributed by atoms with van der Waals surface area (Å²) in [4.78, 5) is 2.17. The molecule has 2 atom stereocenters. The first-order valence-electron chi connectivity index (χ1n) is 7.13. The zero-order valence-electron chi connectivity index (χ0n) is 12.0. The van der Waals surface area contributed by atoms with Crippen LogP contribution >= 0.6 is 0 Å². The van der Waals surface area contributed by atoms with Gasteiger partial charge in [0, 0.05) is 18.3 Å². The lowest BCUT2D eigenvalue weighted by Crippen LogP contribution is -2.30. The van der Waals surface area contributed by atoms with Gasteiger partial charge >= 0.3 is 0 Å². The summed E-state index contributed by atoms with van der Waals surface area (Å²) in [6, 6.07) is 6.77. The van der Waals surface area contributed by atoms with Gasteiger partial charge in [-0.3, -0.25) is 4.90 Å². The Labute approximate surface area is 120 Å². The minimum atomic E-state index is -2.95. The summed E-state index contributed by atoms with van der Waals surface area (Å²) in [6.45, 7) is 5.22. The molecule has 0 N–H and O–H groups in total. The molecule has 1 heterocycles. The Morgan fingerprint density at radius 1 is 1.40 bits per heavy atom. The van der Waals surface area contributed by atoms with E-state index in [0.717, 1.165) is 18.5 Å². The standard InChI is InChI=1S/C15H22FNO2S/c1-3-20(18,19)10-9-17-8-7-12(2)15(17)13-5-4-6-14(16)11-13/h4-6,11-12,15H,3,7-10H2,1-2H3/t12-,15-/m1/s1. The van der Waals surface area contributed by atoms with Gasteiger partial charge in [-0.1, -0.05) is 26.0 Å². The molecule has 0 saturated carbocycles. The van der Waals surface area contributed by atoms with Gasteiger partial charge in [-0.25, -0.2) is 12.8 Å². The molecule has 0 aromatic heterocycles. The molecule has 2 rings (SSSR count). The smallest absolute Gasteiger partial charge is 0.151 e. The number of halogens is 1. The maximum Gasteiger partial charge on any atom is 0.151 e. The third kappa shape index (κ3) is 3.58. The molecule has 1 fully saturated rings. The zero-order chi connectivity index (χ0) is 14.8. The molecule has 0 radical (unpaired) electrons. The van der Waals surface area contributed by atoms with Crippen molar-refractivity contribution < 1.29 is 12.8 Å². The van der Waals surface area contributed by atoms with Gasteiger partial charge in [0.2, 0.25) is 0 Å². The summed E-state index contributed by atoms with van der Waals surface area (Å²) in [5.41, 5.74) is 0.948. The maximum absolute atomic E-state index is 13.4. The first-order valence-corrected chi connectivity index (χ1v) is 8.95. The van der Waals surface area contributed by atoms with E-state index in [1.54, 1.807) is 19.1 Å². The van der Waals surface area contributed by atoms with Crippen LogP contribution in [-0.2, 0) is 9.84 Å². The highest BCUT2D eigenvalue weighted by Crippen LogP contribution is 2.36. The van der Waals surface area contributed by atoms with Crippen LogP contribution in [0.25, 0.3) is 0 Å². The van der Waals surface area contributed by atoms with Gasteiger partial charge in [-0.2, -0.15) is 0 Å². The Balaban J connectivity index is 2.13. The van der Waals surface area contributed by atoms with E-state index < -0.39 is 9.84 Å². The topological polar surface area (TPSA) is 37.4 Å². The van der Waals surface area contributed by atoms with Crippen molar-refractivity contribution in [2.45, 2.75) is 26.3 Å². The van der Waals surface area contributed by atoms with E-state index >= 15 is 0 Å². The molecule has 0 bridgehead atoms. The van der Waals surface area contributed by atoms with E-state index in [9.17, 15) is 12.8 Å². The molecule has 1 aromatic rings. The monoisotopic (exact) mass is 299 g/mol. The fraction of sp³-hybridized carbons (Fsp3) is 0.600. The number of nitrogens with zero attached hydrogens (tertiary/aromatic N) is 1. The van der Waals surface area contributed by atoms with Gasteiger partial charge in [0.05, 0.1) is 5.75 Å². The van der Waals surface area contributed by atoms with Crippen LogP contribution in [0.3, 0.4) is 0 Å². The van der Waals surface area contributed by atoms with E-state index in [0.29, 0.717) is 12.5 Å². The largest absolute Gasteiger partial charge is 0.295 e. The van der Waals surface area contributed by atoms with Gasteiger partial charge in [0.25, 0.3) is 0 Å². The molecular formula is C15H22FNO2S. The van der Waals surface area contributed by atoms with Gasteiger partial charge in [0.15, 0.2) is 9.84 Å². The predicted octanol–water partition coefficient (Wildman–Crippen LogP) is 2.64. The van der Waals surface area contributed by atoms with Crippen molar-refractivity contribution in [1.29, 1.82) is 0 Å². The molecule has 0 spiro atoms. The Bertz CT molecular complexity index is 559. The number of sulfone groups is 1. The number of hydrogen-bond donors (Lipinski definition) is 0. The van der Waals surface area contributed by atoms with Gasteiger partial charge in [-0.15, -0.1) is 0 Å². The van der Waals surface area contributed by atoms with Crippen LogP contribution in [0, 0.1) is 11.7 Å². The Morgan fingerprint density at radius 2 is 2.15 bits per heavy atom. The molecule has 1 saturated heterocycles. The summed E-state index contributed by atoms with van der Waals surface area (Å²) >= 11 is 0. The van der Waals surface area contributed by atoms with Crippen molar-refractivity contribution in [3.8, 4) is 0 Å². The van der Waals surface area contributed by atoms with E-state index in [4.69, 9.17) is 0 Å². The highest BCUT2D eigenvalue weighted by atomic mass is 32.2. The molecule has 1 aliphatic rings. The van der Waals surface area contributed by atoms with Crippen LogP contribution in [0.4, 0.5) is 4.39 Å². The maximum atomic E-state index is 13.4. The highest BCUT2D eigenvalue weighted by molar-refractivity contribution is 7.91. The lowest BCUT2D eigenvalue weighted by molar-refractivity contribution is 0.246. The number of rotatable bonds is 5. The fourth-order valence-corrected chi connectivity index (χ4v) is 3.71. The quantitative estimate of drug-likeness (QED) is 0.839. The van der Waals surface area contributed by atoms with E-state index in [1.165, 1.54) is 6.07 Å². The predicted molar refractivity (Wildman–Crippen MR) is 78.8 cm³/mol. The molecule has 0 unspecified atom stereocenters. The minimum absolute atomic E-state index is 0.123. The summed E-state index contributed by atoms with van der Waals surface area (Å²) in [5.74, 6) is 0.548. The van der Waals surface area contributed by atoms with Gasteiger partial charge in [-0.05, 0) is 36.6 Å². The first kappa shape index (κ1) is 15.4. The Kier molecular flexibility index (Phi) is 4.81. The number of benzene rings is 1. The highest BCUT2D eigenvalue weighted by Gasteiger charge is 2.32. The number of likely N-dealkylation sites (tertiary alicyclic amines) is 1. The van der Waals surface area contributed by atoms with E-state index in [2.05, 4.69) is 11.8 Å². The minimum Gasteiger partial charge on any atom is -0.295 e. The van der Waals surface area contributed by atoms with Crippen LogP contribution in [0.15, 0.2) is 24.3 Å². The van der Waals surface area contributed by atoms with Crippen LogP contribution in [0.5, 0.6) is 0 Å². The molecule has 0 aliphatic carbocycles. The zero-order valence-corrected chi connectivity index (χ0v) is 12.9. The molecule has 20 heavy (non-hydrogen) atoms. The molecule has 5 heteroatoms. The summed E-state index contributed by atoms with van der Waals surface area (Å²) < 4.78 is 36.7. The first-order chi connectivity index (χ1) is 9.43. The number of hydrogen-bond acceptors (Lipinski definition) is 3. The van der Waals surface area contributed by atoms with Gasteiger partial charge in [0.1, 0.15) is 5.82 Å². The normalized spacial score (nSPS) is 24.1. The third-order valence-corrected chi connectivity index (χ3v) is 5.81. The summed E-state index contributed by atoms with van der Waals surface area (Å²) in [5, 5.41) is 0. The molecule has 112 valence electrons. The van der Waals surface area contributed by atoms with E-state index in [-0.39, 0.29) is 23.4 Å². The molecule has 1 aliphatic heterocycles. The molecule has 3 nitrogen and oxygen atoms in total. The van der Waals surface area contributed by atoms with Crippen LogP contribution in [-0.4, -0.2) is 37.9 Å². The SMILES string of the molecule is CCS(=O)(=O)CCN1CC[C@@H](C)[C@@H]1c1cccc(F)c1. The lowest BCUT2D eigenvalue weighted by Gasteiger charge is -2.27. The molecule has 0 amide bonds. The second kappa shape index (κ2) is 6.22. The third-order valence-electron chi connectivity index (χ3n) is 4.12. The summed E-state index contributed by atoms with van der Waals surface area (Å²) in [7, 11) is -2.95. The summed E-state index contributed by atoms with van der Waals surface area (Å²) in [6.07, 6.45) is 1.02. The van der Waals surface area contributed by atoms with Crippen LogP contribution < -0.4 is 0 Å². The average molecular weight is 299 g/mol. The van der Waals surface area contributed by atoms with Crippen molar-refractivity contribution in [2.24, 2.45) is 5.92 Å². The van der Waals surface area contributed by atoms with Gasteiger partial charge < -0.3 is 0 Å². The second-order valence-corrected chi connectivity index (χ2v) is 8.01.